The number of nitro benzene ring substituents is 1. The number of hydrogen-bond donors (Lipinski definition) is 2. The van der Waals surface area contributed by atoms with Gasteiger partial charge in [0.15, 0.2) is 0 Å². The molecule has 19 heavy (non-hydrogen) atoms. The molecule has 0 unspecified atom stereocenters. The number of nitro groups is 1. The van der Waals surface area contributed by atoms with Crippen molar-refractivity contribution >= 4 is 29.3 Å². The molecule has 0 atom stereocenters. The SMILES string of the molecule is CCNC(=O)c1ccc([N+](=O)[O-])c(SCC(=O)O)c1. The highest BCUT2D eigenvalue weighted by Gasteiger charge is 2.17. The van der Waals surface area contributed by atoms with Crippen molar-refractivity contribution in [2.45, 2.75) is 11.8 Å². The molecule has 1 amide bonds. The van der Waals surface area contributed by atoms with Crippen LogP contribution in [0.4, 0.5) is 5.69 Å². The fourth-order valence-corrected chi connectivity index (χ4v) is 2.10. The predicted molar refractivity (Wildman–Crippen MR) is 69.5 cm³/mol. The number of nitrogens with one attached hydrogen (secondary N) is 1. The minimum absolute atomic E-state index is 0.163. The summed E-state index contributed by atoms with van der Waals surface area (Å²) in [6.45, 7) is 2.19. The lowest BCUT2D eigenvalue weighted by atomic mass is 10.2. The first-order valence-electron chi connectivity index (χ1n) is 5.37. The molecule has 0 aliphatic heterocycles. The molecule has 1 aromatic rings. The first-order chi connectivity index (χ1) is 8.95. The van der Waals surface area contributed by atoms with E-state index < -0.39 is 10.9 Å². The van der Waals surface area contributed by atoms with Crippen molar-refractivity contribution in [1.82, 2.24) is 5.32 Å². The normalized spacial score (nSPS) is 9.95. The third-order valence-corrected chi connectivity index (χ3v) is 3.14. The van der Waals surface area contributed by atoms with Gasteiger partial charge in [0, 0.05) is 18.2 Å². The molecule has 0 aliphatic rings. The van der Waals surface area contributed by atoms with E-state index in [0.717, 1.165) is 11.8 Å². The molecule has 0 aromatic heterocycles. The molecule has 0 radical (unpaired) electrons. The third kappa shape index (κ3) is 4.25. The third-order valence-electron chi connectivity index (χ3n) is 2.11. The van der Waals surface area contributed by atoms with Crippen molar-refractivity contribution in [2.24, 2.45) is 0 Å². The molecule has 0 saturated carbocycles. The van der Waals surface area contributed by atoms with Gasteiger partial charge < -0.3 is 10.4 Å². The van der Waals surface area contributed by atoms with E-state index in [0.29, 0.717) is 6.54 Å². The van der Waals surface area contributed by atoms with Crippen LogP contribution in [0.1, 0.15) is 17.3 Å². The number of carboxylic acids is 1. The van der Waals surface area contributed by atoms with Crippen molar-refractivity contribution in [3.8, 4) is 0 Å². The molecule has 8 heteroatoms. The van der Waals surface area contributed by atoms with Gasteiger partial charge in [-0.15, -0.1) is 11.8 Å². The van der Waals surface area contributed by atoms with Crippen LogP contribution in [0.5, 0.6) is 0 Å². The zero-order chi connectivity index (χ0) is 14.4. The number of carboxylic acid groups (broad SMARTS) is 1. The average molecular weight is 284 g/mol. The van der Waals surface area contributed by atoms with E-state index in [1.54, 1.807) is 6.92 Å². The number of rotatable bonds is 6. The maximum atomic E-state index is 11.6. The van der Waals surface area contributed by atoms with E-state index in [-0.39, 0.29) is 27.8 Å². The van der Waals surface area contributed by atoms with E-state index in [4.69, 9.17) is 5.11 Å². The lowest BCUT2D eigenvalue weighted by Crippen LogP contribution is -2.22. The van der Waals surface area contributed by atoms with Crippen molar-refractivity contribution in [3.63, 3.8) is 0 Å². The summed E-state index contributed by atoms with van der Waals surface area (Å²) in [4.78, 5) is 32.5. The number of carbonyl (C=O) groups excluding carboxylic acids is 1. The van der Waals surface area contributed by atoms with Gasteiger partial charge >= 0.3 is 5.97 Å². The molecule has 0 saturated heterocycles. The van der Waals surface area contributed by atoms with E-state index >= 15 is 0 Å². The topological polar surface area (TPSA) is 110 Å². The molecule has 2 N–H and O–H groups in total. The van der Waals surface area contributed by atoms with Gasteiger partial charge in [-0.3, -0.25) is 19.7 Å². The number of aliphatic carboxylic acids is 1. The number of carbonyl (C=O) groups is 2. The van der Waals surface area contributed by atoms with Gasteiger partial charge in [0.05, 0.1) is 15.6 Å². The Bertz CT molecular complexity index is 518. The standard InChI is InChI=1S/C11H12N2O5S/c1-2-12-11(16)7-3-4-8(13(17)18)9(5-7)19-6-10(14)15/h3-5H,2,6H2,1H3,(H,12,16)(H,14,15). The smallest absolute Gasteiger partial charge is 0.313 e. The van der Waals surface area contributed by atoms with E-state index in [9.17, 15) is 19.7 Å². The minimum Gasteiger partial charge on any atom is -0.481 e. The lowest BCUT2D eigenvalue weighted by molar-refractivity contribution is -0.387. The molecule has 0 bridgehead atoms. The molecule has 7 nitrogen and oxygen atoms in total. The fraction of sp³-hybridized carbons (Fsp3) is 0.273. The van der Waals surface area contributed by atoms with Gasteiger partial charge in [-0.05, 0) is 19.1 Å². The number of nitrogens with zero attached hydrogens (tertiary/aromatic N) is 1. The van der Waals surface area contributed by atoms with Gasteiger partial charge in [0.1, 0.15) is 0 Å². The summed E-state index contributed by atoms with van der Waals surface area (Å²) >= 11 is 0.812. The maximum absolute atomic E-state index is 11.6. The van der Waals surface area contributed by atoms with Gasteiger partial charge in [0.2, 0.25) is 0 Å². The summed E-state index contributed by atoms with van der Waals surface area (Å²) in [5, 5.41) is 22.0. The molecule has 102 valence electrons. The van der Waals surface area contributed by atoms with Crippen LogP contribution in [0, 0.1) is 10.1 Å². The Morgan fingerprint density at radius 1 is 1.47 bits per heavy atom. The zero-order valence-electron chi connectivity index (χ0n) is 10.1. The van der Waals surface area contributed by atoms with Gasteiger partial charge in [0.25, 0.3) is 11.6 Å². The summed E-state index contributed by atoms with van der Waals surface area (Å²) in [5.41, 5.74) is 0.0552. The summed E-state index contributed by atoms with van der Waals surface area (Å²) < 4.78 is 0. The second-order valence-corrected chi connectivity index (χ2v) is 4.50. The summed E-state index contributed by atoms with van der Waals surface area (Å²) in [6.07, 6.45) is 0. The molecular formula is C11H12N2O5S. The molecule has 1 rings (SSSR count). The largest absolute Gasteiger partial charge is 0.481 e. The summed E-state index contributed by atoms with van der Waals surface area (Å²) in [7, 11) is 0. The van der Waals surface area contributed by atoms with Crippen LogP contribution in [-0.2, 0) is 4.79 Å². The monoisotopic (exact) mass is 284 g/mol. The van der Waals surface area contributed by atoms with Crippen molar-refractivity contribution in [2.75, 3.05) is 12.3 Å². The highest BCUT2D eigenvalue weighted by atomic mass is 32.2. The van der Waals surface area contributed by atoms with E-state index in [1.165, 1.54) is 18.2 Å². The molecule has 0 spiro atoms. The summed E-state index contributed by atoms with van der Waals surface area (Å²) in [5.74, 6) is -1.74. The van der Waals surface area contributed by atoms with Crippen LogP contribution in [0.15, 0.2) is 23.1 Å². The Kier molecular flexibility index (Phi) is 5.31. The number of hydrogen-bond acceptors (Lipinski definition) is 5. The van der Waals surface area contributed by atoms with Crippen molar-refractivity contribution in [3.05, 3.63) is 33.9 Å². The predicted octanol–water partition coefficient (Wildman–Crippen LogP) is 1.52. The number of thioether (sulfide) groups is 1. The van der Waals surface area contributed by atoms with Crippen LogP contribution < -0.4 is 5.32 Å². The van der Waals surface area contributed by atoms with Crippen LogP contribution in [0.25, 0.3) is 0 Å². The Morgan fingerprint density at radius 3 is 2.68 bits per heavy atom. The van der Waals surface area contributed by atoms with Crippen LogP contribution in [0.2, 0.25) is 0 Å². The minimum atomic E-state index is -1.08. The number of benzene rings is 1. The maximum Gasteiger partial charge on any atom is 0.313 e. The van der Waals surface area contributed by atoms with Gasteiger partial charge in [-0.1, -0.05) is 0 Å². The van der Waals surface area contributed by atoms with Crippen molar-refractivity contribution < 1.29 is 19.6 Å². The average Bonchev–Trinajstić information content (AvgIpc) is 2.36. The second kappa shape index (κ2) is 6.74. The van der Waals surface area contributed by atoms with Gasteiger partial charge in [-0.25, -0.2) is 0 Å². The van der Waals surface area contributed by atoms with E-state index in [1.807, 2.05) is 0 Å². The van der Waals surface area contributed by atoms with Crippen LogP contribution >= 0.6 is 11.8 Å². The Hall–Kier alpha value is -2.09. The summed E-state index contributed by atoms with van der Waals surface area (Å²) in [6, 6.07) is 3.87. The van der Waals surface area contributed by atoms with Crippen molar-refractivity contribution in [1.29, 1.82) is 0 Å². The quantitative estimate of drug-likeness (QED) is 0.465. The highest BCUT2D eigenvalue weighted by Crippen LogP contribution is 2.30. The Balaban J connectivity index is 3.06. The highest BCUT2D eigenvalue weighted by molar-refractivity contribution is 8.00. The first-order valence-corrected chi connectivity index (χ1v) is 6.35. The lowest BCUT2D eigenvalue weighted by Gasteiger charge is -2.05. The molecule has 0 fully saturated rings. The van der Waals surface area contributed by atoms with Gasteiger partial charge in [-0.2, -0.15) is 0 Å². The zero-order valence-corrected chi connectivity index (χ0v) is 10.9. The Labute approximate surface area is 113 Å². The van der Waals surface area contributed by atoms with E-state index in [2.05, 4.69) is 5.32 Å². The molecule has 1 aromatic carbocycles. The van der Waals surface area contributed by atoms with Crippen LogP contribution in [0.3, 0.4) is 0 Å². The second-order valence-electron chi connectivity index (χ2n) is 3.48. The molecular weight excluding hydrogens is 272 g/mol. The first kappa shape index (κ1) is 15.0. The Morgan fingerprint density at radius 2 is 2.16 bits per heavy atom. The number of amides is 1. The molecule has 0 aliphatic carbocycles. The molecule has 0 heterocycles. The fourth-order valence-electron chi connectivity index (χ4n) is 1.32. The van der Waals surface area contributed by atoms with Crippen LogP contribution in [-0.4, -0.2) is 34.2 Å².